The molecule has 0 N–H and O–H groups in total. The van der Waals surface area contributed by atoms with E-state index in [0.717, 1.165) is 47.6 Å². The van der Waals surface area contributed by atoms with Crippen LogP contribution < -0.4 is 4.90 Å². The van der Waals surface area contributed by atoms with Crippen LogP contribution in [0.15, 0.2) is 36.4 Å². The topological polar surface area (TPSA) is 46.3 Å². The molecule has 0 fully saturated rings. The van der Waals surface area contributed by atoms with Crippen molar-refractivity contribution in [2.75, 3.05) is 11.4 Å². The summed E-state index contributed by atoms with van der Waals surface area (Å²) in [5.41, 5.74) is 7.59. The summed E-state index contributed by atoms with van der Waals surface area (Å²) in [5, 5.41) is 5.91. The average molecular weight is 343 g/mol. The van der Waals surface area contributed by atoms with E-state index in [9.17, 15) is 0 Å². The lowest BCUT2D eigenvalue weighted by atomic mass is 10.1. The lowest BCUT2D eigenvalue weighted by Crippen LogP contribution is -2.22. The summed E-state index contributed by atoms with van der Waals surface area (Å²) in [4.78, 5) is 12.0. The number of rotatable bonds is 2. The van der Waals surface area contributed by atoms with Crippen molar-refractivity contribution in [2.45, 2.75) is 33.7 Å². The quantitative estimate of drug-likeness (QED) is 0.556. The first-order valence-corrected chi connectivity index (χ1v) is 9.07. The van der Waals surface area contributed by atoms with Gasteiger partial charge in [0.15, 0.2) is 11.3 Å². The van der Waals surface area contributed by atoms with Crippen molar-refractivity contribution in [3.63, 3.8) is 0 Å². The molecule has 0 atom stereocenters. The van der Waals surface area contributed by atoms with Gasteiger partial charge in [0.2, 0.25) is 0 Å². The van der Waals surface area contributed by atoms with E-state index in [1.54, 1.807) is 0 Å². The van der Waals surface area contributed by atoms with E-state index >= 15 is 0 Å². The molecule has 1 aliphatic rings. The highest BCUT2D eigenvalue weighted by molar-refractivity contribution is 5.93. The molecule has 3 aromatic heterocycles. The summed E-state index contributed by atoms with van der Waals surface area (Å²) in [6.07, 6.45) is 1.01. The van der Waals surface area contributed by atoms with E-state index in [0.29, 0.717) is 0 Å². The van der Waals surface area contributed by atoms with Crippen molar-refractivity contribution in [2.24, 2.45) is 0 Å². The van der Waals surface area contributed by atoms with E-state index in [2.05, 4.69) is 60.1 Å². The van der Waals surface area contributed by atoms with Crippen LogP contribution in [0.3, 0.4) is 0 Å². The fourth-order valence-corrected chi connectivity index (χ4v) is 4.11. The third-order valence-electron chi connectivity index (χ3n) is 5.27. The van der Waals surface area contributed by atoms with Crippen LogP contribution in [0.5, 0.6) is 0 Å². The van der Waals surface area contributed by atoms with Gasteiger partial charge in [-0.05, 0) is 44.4 Å². The van der Waals surface area contributed by atoms with Crippen LogP contribution in [0.25, 0.3) is 16.7 Å². The average Bonchev–Trinajstić information content (AvgIpc) is 3.18. The second kappa shape index (κ2) is 5.53. The lowest BCUT2D eigenvalue weighted by molar-refractivity contribution is 0.800. The monoisotopic (exact) mass is 343 g/mol. The van der Waals surface area contributed by atoms with E-state index in [4.69, 9.17) is 10.1 Å². The standard InChI is InChI=1S/C21H21N5/c1-13-11-14(2)22-19-18(13)20-23-15(3)17-9-10-25(21(17)26(20)24-19)12-16-7-5-4-6-8-16/h4-8,11H,9-10,12H2,1-3H3. The fourth-order valence-electron chi connectivity index (χ4n) is 4.11. The predicted molar refractivity (Wildman–Crippen MR) is 104 cm³/mol. The molecule has 0 radical (unpaired) electrons. The molecule has 130 valence electrons. The molecule has 0 bridgehead atoms. The van der Waals surface area contributed by atoms with Crippen LogP contribution in [-0.4, -0.2) is 26.1 Å². The molecular weight excluding hydrogens is 322 g/mol. The Morgan fingerprint density at radius 1 is 1.04 bits per heavy atom. The number of aryl methyl sites for hydroxylation is 3. The summed E-state index contributed by atoms with van der Waals surface area (Å²) >= 11 is 0. The Kier molecular flexibility index (Phi) is 3.26. The molecule has 0 aliphatic carbocycles. The second-order valence-electron chi connectivity index (χ2n) is 7.17. The molecular formula is C21H21N5. The summed E-state index contributed by atoms with van der Waals surface area (Å²) in [5.74, 6) is 1.17. The molecule has 5 rings (SSSR count). The minimum Gasteiger partial charge on any atom is -0.352 e. The van der Waals surface area contributed by atoms with Gasteiger partial charge in [0.1, 0.15) is 5.82 Å². The molecule has 0 saturated carbocycles. The third kappa shape index (κ3) is 2.20. The number of aromatic nitrogens is 4. The number of pyridine rings is 1. The van der Waals surface area contributed by atoms with Crippen molar-refractivity contribution in [3.05, 3.63) is 64.5 Å². The second-order valence-corrected chi connectivity index (χ2v) is 7.17. The highest BCUT2D eigenvalue weighted by atomic mass is 15.4. The molecule has 0 spiro atoms. The van der Waals surface area contributed by atoms with Gasteiger partial charge in [-0.3, -0.25) is 0 Å². The van der Waals surface area contributed by atoms with Gasteiger partial charge in [-0.15, -0.1) is 5.10 Å². The zero-order valence-electron chi connectivity index (χ0n) is 15.3. The highest BCUT2D eigenvalue weighted by Crippen LogP contribution is 2.34. The first-order valence-electron chi connectivity index (χ1n) is 9.07. The molecule has 1 aromatic carbocycles. The van der Waals surface area contributed by atoms with Crippen LogP contribution in [0.2, 0.25) is 0 Å². The van der Waals surface area contributed by atoms with Gasteiger partial charge in [-0.25, -0.2) is 9.97 Å². The lowest BCUT2D eigenvalue weighted by Gasteiger charge is -2.20. The summed E-state index contributed by atoms with van der Waals surface area (Å²) in [6, 6.07) is 12.7. The van der Waals surface area contributed by atoms with Crippen LogP contribution in [0, 0.1) is 20.8 Å². The summed E-state index contributed by atoms with van der Waals surface area (Å²) in [6.45, 7) is 8.12. The number of anilines is 1. The first kappa shape index (κ1) is 15.3. The molecule has 4 aromatic rings. The van der Waals surface area contributed by atoms with Crippen LogP contribution >= 0.6 is 0 Å². The van der Waals surface area contributed by atoms with Crippen molar-refractivity contribution in [3.8, 4) is 0 Å². The Balaban J connectivity index is 1.75. The Hall–Kier alpha value is -2.95. The number of fused-ring (bicyclic) bond motifs is 5. The number of hydrogen-bond donors (Lipinski definition) is 0. The smallest absolute Gasteiger partial charge is 0.184 e. The zero-order valence-corrected chi connectivity index (χ0v) is 15.3. The molecule has 0 amide bonds. The van der Waals surface area contributed by atoms with Gasteiger partial charge in [-0.1, -0.05) is 30.3 Å². The molecule has 0 saturated heterocycles. The predicted octanol–water partition coefficient (Wildman–Crippen LogP) is 3.77. The number of benzene rings is 1. The fraction of sp³-hybridized carbons (Fsp3) is 0.286. The molecule has 5 nitrogen and oxygen atoms in total. The Morgan fingerprint density at radius 2 is 1.85 bits per heavy atom. The maximum absolute atomic E-state index is 4.90. The Labute approximate surface area is 152 Å². The summed E-state index contributed by atoms with van der Waals surface area (Å²) in [7, 11) is 0. The van der Waals surface area contributed by atoms with Gasteiger partial charge in [-0.2, -0.15) is 4.52 Å². The zero-order chi connectivity index (χ0) is 17.8. The number of hydrogen-bond acceptors (Lipinski definition) is 4. The molecule has 0 unspecified atom stereocenters. The van der Waals surface area contributed by atoms with Crippen LogP contribution in [0.1, 0.15) is 28.1 Å². The van der Waals surface area contributed by atoms with Gasteiger partial charge in [0.05, 0.1) is 5.39 Å². The minimum atomic E-state index is 0.786. The highest BCUT2D eigenvalue weighted by Gasteiger charge is 2.27. The molecule has 5 heteroatoms. The van der Waals surface area contributed by atoms with Crippen molar-refractivity contribution in [1.82, 2.24) is 19.6 Å². The molecule has 26 heavy (non-hydrogen) atoms. The van der Waals surface area contributed by atoms with E-state index < -0.39 is 0 Å². The van der Waals surface area contributed by atoms with Gasteiger partial charge >= 0.3 is 0 Å². The third-order valence-corrected chi connectivity index (χ3v) is 5.27. The Bertz CT molecular complexity index is 1140. The molecule has 4 heterocycles. The van der Waals surface area contributed by atoms with E-state index in [-0.39, 0.29) is 0 Å². The van der Waals surface area contributed by atoms with Gasteiger partial charge in [0.25, 0.3) is 0 Å². The van der Waals surface area contributed by atoms with E-state index in [1.807, 2.05) is 11.4 Å². The van der Waals surface area contributed by atoms with Gasteiger partial charge in [0, 0.05) is 30.0 Å². The van der Waals surface area contributed by atoms with Crippen LogP contribution in [0.4, 0.5) is 5.82 Å². The van der Waals surface area contributed by atoms with Crippen molar-refractivity contribution < 1.29 is 0 Å². The number of nitrogens with zero attached hydrogens (tertiary/aromatic N) is 5. The van der Waals surface area contributed by atoms with Gasteiger partial charge < -0.3 is 4.90 Å². The maximum Gasteiger partial charge on any atom is 0.184 e. The first-order chi connectivity index (χ1) is 12.6. The minimum absolute atomic E-state index is 0.786. The van der Waals surface area contributed by atoms with Crippen molar-refractivity contribution >= 4 is 22.5 Å². The van der Waals surface area contributed by atoms with E-state index in [1.165, 1.54) is 22.5 Å². The summed E-state index contributed by atoms with van der Waals surface area (Å²) < 4.78 is 2.02. The SMILES string of the molecule is Cc1cc(C)c2c(n1)nn1c3c(c(C)nc21)CCN3Cc1ccccc1. The van der Waals surface area contributed by atoms with Crippen molar-refractivity contribution in [1.29, 1.82) is 0 Å². The van der Waals surface area contributed by atoms with Crippen LogP contribution in [-0.2, 0) is 13.0 Å². The Morgan fingerprint density at radius 3 is 2.65 bits per heavy atom. The maximum atomic E-state index is 4.90. The molecule has 1 aliphatic heterocycles. The normalized spacial score (nSPS) is 13.7. The largest absolute Gasteiger partial charge is 0.352 e.